The molecule has 0 aliphatic carbocycles. The van der Waals surface area contributed by atoms with Gasteiger partial charge in [-0.1, -0.05) is 30.7 Å². The van der Waals surface area contributed by atoms with E-state index in [2.05, 4.69) is 27.0 Å². The quantitative estimate of drug-likeness (QED) is 0.939. The van der Waals surface area contributed by atoms with E-state index in [9.17, 15) is 4.79 Å². The van der Waals surface area contributed by atoms with Crippen molar-refractivity contribution in [2.75, 3.05) is 13.1 Å². The molecule has 0 saturated carbocycles. The number of likely N-dealkylation sites (tertiary alicyclic amines) is 1. The van der Waals surface area contributed by atoms with Gasteiger partial charge in [0.05, 0.1) is 0 Å². The average Bonchev–Trinajstić information content (AvgIpc) is 2.56. The summed E-state index contributed by atoms with van der Waals surface area (Å²) in [5.74, 6) is -0.00816. The maximum atomic E-state index is 11.2. The molecule has 2 N–H and O–H groups in total. The highest BCUT2D eigenvalue weighted by molar-refractivity contribution is 5.91. The van der Waals surface area contributed by atoms with Crippen LogP contribution in [0.25, 0.3) is 11.4 Å². The molecule has 0 atom stereocenters. The molecule has 22 heavy (non-hydrogen) atoms. The number of hydrogen-bond donors (Lipinski definition) is 1. The first-order chi connectivity index (χ1) is 10.7. The normalized spacial score (nSPS) is 15.6. The molecule has 1 aliphatic rings. The van der Waals surface area contributed by atoms with E-state index >= 15 is 0 Å². The fourth-order valence-corrected chi connectivity index (χ4v) is 2.77. The second kappa shape index (κ2) is 6.66. The van der Waals surface area contributed by atoms with Crippen LogP contribution in [0.4, 0.5) is 0 Å². The Morgan fingerprint density at radius 1 is 1.09 bits per heavy atom. The number of amides is 1. The molecule has 1 saturated heterocycles. The number of piperidine rings is 1. The van der Waals surface area contributed by atoms with E-state index in [1.807, 2.05) is 12.1 Å². The Bertz CT molecular complexity index is 648. The lowest BCUT2D eigenvalue weighted by molar-refractivity contribution is 0.0995. The van der Waals surface area contributed by atoms with Gasteiger partial charge >= 0.3 is 0 Å². The van der Waals surface area contributed by atoms with Gasteiger partial charge in [-0.2, -0.15) is 0 Å². The topological polar surface area (TPSA) is 72.1 Å². The summed E-state index contributed by atoms with van der Waals surface area (Å²) in [7, 11) is 0. The van der Waals surface area contributed by atoms with Crippen LogP contribution in [0, 0.1) is 0 Å². The lowest BCUT2D eigenvalue weighted by Gasteiger charge is -2.26. The fraction of sp³-hybridized carbons (Fsp3) is 0.353. The molecule has 1 aliphatic heterocycles. The Morgan fingerprint density at radius 3 is 2.50 bits per heavy atom. The number of aromatic nitrogens is 2. The van der Waals surface area contributed by atoms with E-state index in [1.54, 1.807) is 6.20 Å². The van der Waals surface area contributed by atoms with Gasteiger partial charge in [0.25, 0.3) is 5.91 Å². The van der Waals surface area contributed by atoms with Crippen molar-refractivity contribution in [2.24, 2.45) is 5.73 Å². The monoisotopic (exact) mass is 296 g/mol. The summed E-state index contributed by atoms with van der Waals surface area (Å²) in [4.78, 5) is 22.1. The van der Waals surface area contributed by atoms with E-state index in [0.29, 0.717) is 5.82 Å². The van der Waals surface area contributed by atoms with Crippen molar-refractivity contribution >= 4 is 5.91 Å². The molecule has 0 bridgehead atoms. The zero-order valence-electron chi connectivity index (χ0n) is 12.5. The second-order valence-electron chi connectivity index (χ2n) is 5.66. The standard InChI is InChI=1S/C17H20N4O/c18-16(22)15-8-9-19-17(20-15)14-6-4-13(5-7-14)12-21-10-2-1-3-11-21/h4-9H,1-3,10-12H2,(H2,18,22). The van der Waals surface area contributed by atoms with Crippen LogP contribution in [0.5, 0.6) is 0 Å². The average molecular weight is 296 g/mol. The summed E-state index contributed by atoms with van der Waals surface area (Å²) >= 11 is 0. The summed E-state index contributed by atoms with van der Waals surface area (Å²) in [6.07, 6.45) is 5.50. The Labute approximate surface area is 130 Å². The van der Waals surface area contributed by atoms with E-state index in [4.69, 9.17) is 5.73 Å². The van der Waals surface area contributed by atoms with Gasteiger partial charge in [0.2, 0.25) is 0 Å². The molecule has 1 fully saturated rings. The Balaban J connectivity index is 1.73. The molecule has 5 heteroatoms. The van der Waals surface area contributed by atoms with Crippen molar-refractivity contribution in [1.82, 2.24) is 14.9 Å². The maximum absolute atomic E-state index is 11.2. The van der Waals surface area contributed by atoms with Crippen LogP contribution in [0.2, 0.25) is 0 Å². The molecule has 3 rings (SSSR count). The van der Waals surface area contributed by atoms with E-state index in [-0.39, 0.29) is 5.69 Å². The molecule has 5 nitrogen and oxygen atoms in total. The molecule has 0 unspecified atom stereocenters. The number of carbonyl (C=O) groups excluding carboxylic acids is 1. The van der Waals surface area contributed by atoms with Gasteiger partial charge in [-0.15, -0.1) is 0 Å². The van der Waals surface area contributed by atoms with Gasteiger partial charge in [0.1, 0.15) is 5.69 Å². The summed E-state index contributed by atoms with van der Waals surface area (Å²) < 4.78 is 0. The molecule has 1 aromatic heterocycles. The van der Waals surface area contributed by atoms with Crippen molar-refractivity contribution in [3.05, 3.63) is 47.8 Å². The number of carbonyl (C=O) groups is 1. The maximum Gasteiger partial charge on any atom is 0.267 e. The van der Waals surface area contributed by atoms with Crippen LogP contribution in [0.3, 0.4) is 0 Å². The van der Waals surface area contributed by atoms with Crippen molar-refractivity contribution in [1.29, 1.82) is 0 Å². The largest absolute Gasteiger partial charge is 0.364 e. The SMILES string of the molecule is NC(=O)c1ccnc(-c2ccc(CN3CCCCC3)cc2)n1. The highest BCUT2D eigenvalue weighted by Crippen LogP contribution is 2.18. The molecular weight excluding hydrogens is 276 g/mol. The number of primary amides is 1. The summed E-state index contributed by atoms with van der Waals surface area (Å²) in [6.45, 7) is 3.36. The van der Waals surface area contributed by atoms with Gasteiger partial charge in [-0.05, 0) is 37.6 Å². The fourth-order valence-electron chi connectivity index (χ4n) is 2.77. The van der Waals surface area contributed by atoms with Gasteiger partial charge in [0, 0.05) is 18.3 Å². The smallest absolute Gasteiger partial charge is 0.267 e. The zero-order valence-corrected chi connectivity index (χ0v) is 12.5. The second-order valence-corrected chi connectivity index (χ2v) is 5.66. The van der Waals surface area contributed by atoms with Crippen LogP contribution >= 0.6 is 0 Å². The van der Waals surface area contributed by atoms with E-state index < -0.39 is 5.91 Å². The zero-order chi connectivity index (χ0) is 15.4. The molecule has 2 heterocycles. The predicted molar refractivity (Wildman–Crippen MR) is 85.1 cm³/mol. The molecule has 2 aromatic rings. The van der Waals surface area contributed by atoms with Crippen LogP contribution < -0.4 is 5.73 Å². The Kier molecular flexibility index (Phi) is 4.44. The highest BCUT2D eigenvalue weighted by Gasteiger charge is 2.11. The summed E-state index contributed by atoms with van der Waals surface area (Å²) in [6, 6.07) is 9.73. The van der Waals surface area contributed by atoms with Crippen molar-refractivity contribution < 1.29 is 4.79 Å². The third-order valence-corrected chi connectivity index (χ3v) is 3.98. The molecular formula is C17H20N4O. The first-order valence-electron chi connectivity index (χ1n) is 7.67. The van der Waals surface area contributed by atoms with Crippen LogP contribution in [0.1, 0.15) is 35.3 Å². The van der Waals surface area contributed by atoms with E-state index in [1.165, 1.54) is 44.0 Å². The van der Waals surface area contributed by atoms with Gasteiger partial charge in [-0.3, -0.25) is 9.69 Å². The van der Waals surface area contributed by atoms with Crippen molar-refractivity contribution in [2.45, 2.75) is 25.8 Å². The van der Waals surface area contributed by atoms with Gasteiger partial charge in [-0.25, -0.2) is 9.97 Å². The minimum Gasteiger partial charge on any atom is -0.364 e. The third kappa shape index (κ3) is 3.49. The first kappa shape index (κ1) is 14.7. The summed E-state index contributed by atoms with van der Waals surface area (Å²) in [5.41, 5.74) is 7.68. The van der Waals surface area contributed by atoms with E-state index in [0.717, 1.165) is 12.1 Å². The Morgan fingerprint density at radius 2 is 1.82 bits per heavy atom. The third-order valence-electron chi connectivity index (χ3n) is 3.98. The van der Waals surface area contributed by atoms with Crippen molar-refractivity contribution in [3.63, 3.8) is 0 Å². The molecule has 1 aromatic carbocycles. The minimum atomic E-state index is -0.537. The minimum absolute atomic E-state index is 0.238. The van der Waals surface area contributed by atoms with Gasteiger partial charge in [0.15, 0.2) is 5.82 Å². The van der Waals surface area contributed by atoms with Crippen molar-refractivity contribution in [3.8, 4) is 11.4 Å². The number of nitrogens with two attached hydrogens (primary N) is 1. The predicted octanol–water partition coefficient (Wildman–Crippen LogP) is 2.23. The molecule has 0 radical (unpaired) electrons. The number of rotatable bonds is 4. The van der Waals surface area contributed by atoms with Crippen LogP contribution in [0.15, 0.2) is 36.5 Å². The highest BCUT2D eigenvalue weighted by atomic mass is 16.1. The summed E-state index contributed by atoms with van der Waals surface area (Å²) in [5, 5.41) is 0. The lowest BCUT2D eigenvalue weighted by atomic mass is 10.1. The number of hydrogen-bond acceptors (Lipinski definition) is 4. The molecule has 1 amide bonds. The van der Waals surface area contributed by atoms with Crippen LogP contribution in [-0.2, 0) is 6.54 Å². The number of nitrogens with zero attached hydrogens (tertiary/aromatic N) is 3. The molecule has 0 spiro atoms. The lowest BCUT2D eigenvalue weighted by Crippen LogP contribution is -2.29. The van der Waals surface area contributed by atoms with Crippen LogP contribution in [-0.4, -0.2) is 33.9 Å². The Hall–Kier alpha value is -2.27. The van der Waals surface area contributed by atoms with Gasteiger partial charge < -0.3 is 5.73 Å². The first-order valence-corrected chi connectivity index (χ1v) is 7.67. The molecule has 114 valence electrons. The number of benzene rings is 1.